The third kappa shape index (κ3) is 3.07. The molecule has 0 unspecified atom stereocenters. The zero-order valence-electron chi connectivity index (χ0n) is 16.5. The van der Waals surface area contributed by atoms with Crippen molar-refractivity contribution < 1.29 is 14.3 Å². The molecule has 0 amide bonds. The van der Waals surface area contributed by atoms with Crippen LogP contribution in [-0.4, -0.2) is 17.9 Å². The van der Waals surface area contributed by atoms with Crippen LogP contribution in [0.25, 0.3) is 10.9 Å². The van der Waals surface area contributed by atoms with Gasteiger partial charge in [-0.1, -0.05) is 13.8 Å². The average Bonchev–Trinajstić information content (AvgIpc) is 2.65. The second kappa shape index (κ2) is 6.52. The summed E-state index contributed by atoms with van der Waals surface area (Å²) < 4.78 is 10.9. The minimum absolute atomic E-state index is 0.0593. The van der Waals surface area contributed by atoms with Gasteiger partial charge in [-0.3, -0.25) is 9.59 Å². The molecule has 0 saturated heterocycles. The Morgan fingerprint density at radius 2 is 2.03 bits per heavy atom. The van der Waals surface area contributed by atoms with Gasteiger partial charge in [-0.05, 0) is 29.0 Å². The molecule has 1 aromatic carbocycles. The minimum Gasteiger partial charge on any atom is -0.497 e. The molecular formula is C22H21N3O4. The largest absolute Gasteiger partial charge is 0.497 e. The first-order valence-corrected chi connectivity index (χ1v) is 9.29. The molecule has 29 heavy (non-hydrogen) atoms. The molecule has 7 heteroatoms. The second-order valence-corrected chi connectivity index (χ2v) is 8.21. The lowest BCUT2D eigenvalue weighted by Gasteiger charge is -2.37. The van der Waals surface area contributed by atoms with Crippen molar-refractivity contribution >= 4 is 16.7 Å². The Bertz CT molecular complexity index is 1210. The van der Waals surface area contributed by atoms with E-state index >= 15 is 0 Å². The fraction of sp³-hybridized carbons (Fsp3) is 0.318. The predicted octanol–water partition coefficient (Wildman–Crippen LogP) is 2.99. The quantitative estimate of drug-likeness (QED) is 0.812. The number of aromatic amines is 1. The number of methoxy groups -OCH3 is 1. The van der Waals surface area contributed by atoms with Crippen molar-refractivity contribution in [3.63, 3.8) is 0 Å². The van der Waals surface area contributed by atoms with Crippen LogP contribution in [0.1, 0.15) is 38.2 Å². The van der Waals surface area contributed by atoms with Gasteiger partial charge >= 0.3 is 0 Å². The first kappa shape index (κ1) is 18.8. The first-order valence-electron chi connectivity index (χ1n) is 9.29. The van der Waals surface area contributed by atoms with Gasteiger partial charge in [0.25, 0.3) is 5.56 Å². The summed E-state index contributed by atoms with van der Waals surface area (Å²) >= 11 is 0. The number of carbonyl (C=O) groups is 1. The zero-order valence-corrected chi connectivity index (χ0v) is 16.5. The van der Waals surface area contributed by atoms with Crippen molar-refractivity contribution in [1.82, 2.24) is 4.98 Å². The molecule has 2 heterocycles. The first-order chi connectivity index (χ1) is 13.7. The molecule has 3 N–H and O–H groups in total. The summed E-state index contributed by atoms with van der Waals surface area (Å²) in [6.07, 6.45) is 0.819. The summed E-state index contributed by atoms with van der Waals surface area (Å²) in [5, 5.41) is 10.5. The number of Topliss-reactive ketones (excluding diaryl/α,β-unsaturated/α-hetero) is 1. The predicted molar refractivity (Wildman–Crippen MR) is 107 cm³/mol. The maximum absolute atomic E-state index is 13.0. The molecule has 0 spiro atoms. The van der Waals surface area contributed by atoms with Gasteiger partial charge in [0.2, 0.25) is 5.88 Å². The van der Waals surface area contributed by atoms with E-state index in [9.17, 15) is 14.9 Å². The summed E-state index contributed by atoms with van der Waals surface area (Å²) in [7, 11) is 1.55. The highest BCUT2D eigenvalue weighted by Gasteiger charge is 2.43. The number of rotatable bonds is 2. The molecule has 0 saturated carbocycles. The maximum Gasteiger partial charge on any atom is 0.252 e. The number of ether oxygens (including phenoxy) is 2. The van der Waals surface area contributed by atoms with E-state index in [0.29, 0.717) is 41.0 Å². The molecule has 2 aromatic rings. The Hall–Kier alpha value is -3.53. The van der Waals surface area contributed by atoms with Crippen LogP contribution in [-0.2, 0) is 9.53 Å². The third-order valence-electron chi connectivity index (χ3n) is 5.47. The highest BCUT2D eigenvalue weighted by molar-refractivity contribution is 6.00. The van der Waals surface area contributed by atoms with Crippen LogP contribution in [0.2, 0.25) is 0 Å². The lowest BCUT2D eigenvalue weighted by Crippen LogP contribution is -2.35. The number of nitrogens with one attached hydrogen (secondary N) is 1. The van der Waals surface area contributed by atoms with Gasteiger partial charge in [-0.15, -0.1) is 0 Å². The number of ketones is 1. The van der Waals surface area contributed by atoms with E-state index in [4.69, 9.17) is 15.2 Å². The lowest BCUT2D eigenvalue weighted by atomic mass is 9.70. The van der Waals surface area contributed by atoms with Crippen molar-refractivity contribution in [3.05, 3.63) is 63.0 Å². The summed E-state index contributed by atoms with van der Waals surface area (Å²) in [6.45, 7) is 3.95. The number of fused-ring (bicyclic) bond motifs is 1. The molecule has 4 rings (SSSR count). The van der Waals surface area contributed by atoms with Crippen LogP contribution in [0.5, 0.6) is 5.75 Å². The molecule has 1 aliphatic heterocycles. The van der Waals surface area contributed by atoms with Crippen LogP contribution < -0.4 is 16.0 Å². The highest BCUT2D eigenvalue weighted by atomic mass is 16.5. The van der Waals surface area contributed by atoms with Crippen molar-refractivity contribution in [3.8, 4) is 11.8 Å². The summed E-state index contributed by atoms with van der Waals surface area (Å²) in [6, 6.07) is 9.06. The van der Waals surface area contributed by atoms with Crippen LogP contribution in [0.4, 0.5) is 0 Å². The molecule has 148 valence electrons. The SMILES string of the molecule is COc1ccc2cc([C@@H]3C(C#N)=C(N)OC4=C3C(=O)CC(C)(C)C4)c(=O)[nH]c2c1. The van der Waals surface area contributed by atoms with E-state index in [-0.39, 0.29) is 28.2 Å². The fourth-order valence-corrected chi connectivity index (χ4v) is 4.13. The Morgan fingerprint density at radius 3 is 2.72 bits per heavy atom. The van der Waals surface area contributed by atoms with E-state index in [1.165, 1.54) is 0 Å². The standard InChI is InChI=1S/C22H21N3O4/c1-22(2)8-16(26)19-17(9-22)29-20(24)14(10-23)18(19)13-6-11-4-5-12(28-3)7-15(11)25-21(13)27/h4-7,18H,8-9,24H2,1-3H3,(H,25,27)/t18-/m1/s1. The van der Waals surface area contributed by atoms with Crippen molar-refractivity contribution in [1.29, 1.82) is 5.26 Å². The topological polar surface area (TPSA) is 118 Å². The summed E-state index contributed by atoms with van der Waals surface area (Å²) in [5.41, 5.74) is 6.69. The normalized spacial score (nSPS) is 20.9. The van der Waals surface area contributed by atoms with Gasteiger partial charge in [-0.25, -0.2) is 0 Å². The summed E-state index contributed by atoms with van der Waals surface area (Å²) in [4.78, 5) is 28.8. The fourth-order valence-electron chi connectivity index (χ4n) is 4.13. The number of pyridine rings is 1. The van der Waals surface area contributed by atoms with Crippen molar-refractivity contribution in [2.24, 2.45) is 11.1 Å². The molecule has 1 aromatic heterocycles. The molecule has 2 aliphatic rings. The van der Waals surface area contributed by atoms with E-state index in [2.05, 4.69) is 4.98 Å². The molecular weight excluding hydrogens is 370 g/mol. The van der Waals surface area contributed by atoms with Gasteiger partial charge in [-0.2, -0.15) is 5.26 Å². The number of benzene rings is 1. The highest BCUT2D eigenvalue weighted by Crippen LogP contribution is 2.47. The van der Waals surface area contributed by atoms with E-state index in [1.807, 2.05) is 26.0 Å². The number of hydrogen-bond donors (Lipinski definition) is 2. The van der Waals surface area contributed by atoms with E-state index in [1.54, 1.807) is 25.3 Å². The molecule has 7 nitrogen and oxygen atoms in total. The van der Waals surface area contributed by atoms with Crippen LogP contribution in [0.3, 0.4) is 0 Å². The second-order valence-electron chi connectivity index (χ2n) is 8.21. The van der Waals surface area contributed by atoms with Gasteiger partial charge in [0.1, 0.15) is 23.2 Å². The number of H-pyrrole nitrogens is 1. The average molecular weight is 391 g/mol. The minimum atomic E-state index is -0.845. The van der Waals surface area contributed by atoms with E-state index < -0.39 is 5.92 Å². The maximum atomic E-state index is 13.0. The Kier molecular flexibility index (Phi) is 4.23. The third-order valence-corrected chi connectivity index (χ3v) is 5.47. The molecule has 0 fully saturated rings. The number of carbonyl (C=O) groups excluding carboxylic acids is 1. The van der Waals surface area contributed by atoms with Gasteiger partial charge in [0.15, 0.2) is 5.78 Å². The molecule has 1 atom stereocenters. The van der Waals surface area contributed by atoms with Crippen LogP contribution >= 0.6 is 0 Å². The number of nitrogens with zero attached hydrogens (tertiary/aromatic N) is 1. The monoisotopic (exact) mass is 391 g/mol. The van der Waals surface area contributed by atoms with Crippen LogP contribution in [0.15, 0.2) is 51.8 Å². The van der Waals surface area contributed by atoms with Crippen molar-refractivity contribution in [2.75, 3.05) is 7.11 Å². The summed E-state index contributed by atoms with van der Waals surface area (Å²) in [5.74, 6) is 0.0276. The Morgan fingerprint density at radius 1 is 1.28 bits per heavy atom. The lowest BCUT2D eigenvalue weighted by molar-refractivity contribution is -0.119. The Balaban J connectivity index is 1.95. The number of nitriles is 1. The van der Waals surface area contributed by atoms with Gasteiger partial charge in [0, 0.05) is 30.0 Å². The smallest absolute Gasteiger partial charge is 0.252 e. The molecule has 1 aliphatic carbocycles. The van der Waals surface area contributed by atoms with Gasteiger partial charge in [0.05, 0.1) is 18.5 Å². The molecule has 0 radical (unpaired) electrons. The number of nitrogens with two attached hydrogens (primary N) is 1. The zero-order chi connectivity index (χ0) is 20.9. The van der Waals surface area contributed by atoms with Crippen LogP contribution in [0, 0.1) is 16.7 Å². The Labute approximate surface area is 167 Å². The number of aromatic nitrogens is 1. The van der Waals surface area contributed by atoms with E-state index in [0.717, 1.165) is 5.39 Å². The number of hydrogen-bond acceptors (Lipinski definition) is 6. The molecule has 0 bridgehead atoms. The van der Waals surface area contributed by atoms with Crippen molar-refractivity contribution in [2.45, 2.75) is 32.6 Å². The number of allylic oxidation sites excluding steroid dienone is 3. The van der Waals surface area contributed by atoms with Gasteiger partial charge < -0.3 is 20.2 Å².